The molecule has 2 aromatic carbocycles. The number of rotatable bonds is 4. The topological polar surface area (TPSA) is 83.1 Å². The molecule has 7 heteroatoms. The minimum Gasteiger partial charge on any atom is -0.385 e. The van der Waals surface area contributed by atoms with Gasteiger partial charge in [-0.2, -0.15) is 0 Å². The number of sulfone groups is 1. The Labute approximate surface area is 145 Å². The Bertz CT molecular complexity index is 992. The van der Waals surface area contributed by atoms with Gasteiger partial charge in [-0.3, -0.25) is 0 Å². The van der Waals surface area contributed by atoms with Gasteiger partial charge in [-0.1, -0.05) is 12.1 Å². The van der Waals surface area contributed by atoms with Gasteiger partial charge in [0.25, 0.3) is 0 Å². The molecule has 1 heterocycles. The summed E-state index contributed by atoms with van der Waals surface area (Å²) < 4.78 is 36.4. The Morgan fingerprint density at radius 3 is 2.12 bits per heavy atom. The maximum absolute atomic E-state index is 13.2. The molecule has 25 heavy (non-hydrogen) atoms. The number of H-pyrrole nitrogens is 1. The summed E-state index contributed by atoms with van der Waals surface area (Å²) in [6.07, 6.45) is 0.344. The van der Waals surface area contributed by atoms with E-state index in [1.54, 1.807) is 31.2 Å². The third-order valence-corrected chi connectivity index (χ3v) is 4.94. The average molecular weight is 360 g/mol. The monoisotopic (exact) mass is 360 g/mol. The highest BCUT2D eigenvalue weighted by molar-refractivity contribution is 7.90. The van der Waals surface area contributed by atoms with E-state index in [-0.39, 0.29) is 10.7 Å². The molecular formula is C18H17FN2O3S. The summed E-state index contributed by atoms with van der Waals surface area (Å²) in [6, 6.07) is 12.2. The van der Waals surface area contributed by atoms with Gasteiger partial charge in [-0.25, -0.2) is 17.8 Å². The fraction of sp³-hybridized carbons (Fsp3) is 0.167. The summed E-state index contributed by atoms with van der Waals surface area (Å²) in [6.45, 7) is 1.59. The second-order valence-electron chi connectivity index (χ2n) is 5.83. The summed E-state index contributed by atoms with van der Waals surface area (Å²) in [7, 11) is -3.28. The average Bonchev–Trinajstić information content (AvgIpc) is 3.00. The molecule has 3 aromatic rings. The van der Waals surface area contributed by atoms with E-state index in [1.165, 1.54) is 24.3 Å². The van der Waals surface area contributed by atoms with Crippen molar-refractivity contribution < 1.29 is 17.9 Å². The van der Waals surface area contributed by atoms with Crippen LogP contribution in [0.4, 0.5) is 4.39 Å². The third-order valence-electron chi connectivity index (χ3n) is 3.81. The quantitative estimate of drug-likeness (QED) is 0.747. The number of imidazole rings is 1. The Balaban J connectivity index is 2.13. The van der Waals surface area contributed by atoms with Crippen molar-refractivity contribution in [2.24, 2.45) is 0 Å². The summed E-state index contributed by atoms with van der Waals surface area (Å²) in [5, 5.41) is 9.82. The SMILES string of the molecule is CC(O)c1nc(-c2ccc(F)cc2)c(-c2ccc(S(C)(=O)=O)cc2)[nH]1. The molecule has 1 aromatic heterocycles. The van der Waals surface area contributed by atoms with Crippen molar-refractivity contribution in [3.63, 3.8) is 0 Å². The summed E-state index contributed by atoms with van der Waals surface area (Å²) in [5.74, 6) is 0.0237. The number of nitrogens with zero attached hydrogens (tertiary/aromatic N) is 1. The minimum atomic E-state index is -3.28. The van der Waals surface area contributed by atoms with E-state index in [1.807, 2.05) is 0 Å². The van der Waals surface area contributed by atoms with E-state index in [0.717, 1.165) is 6.26 Å². The fourth-order valence-electron chi connectivity index (χ4n) is 2.48. The van der Waals surface area contributed by atoms with Crippen LogP contribution in [0.15, 0.2) is 53.4 Å². The molecule has 0 aliphatic heterocycles. The number of aliphatic hydroxyl groups excluding tert-OH is 1. The molecular weight excluding hydrogens is 343 g/mol. The maximum atomic E-state index is 13.2. The normalized spacial score (nSPS) is 13.0. The number of aliphatic hydroxyl groups is 1. The van der Waals surface area contributed by atoms with Gasteiger partial charge in [0.1, 0.15) is 17.7 Å². The number of hydrogen-bond acceptors (Lipinski definition) is 4. The lowest BCUT2D eigenvalue weighted by atomic mass is 10.1. The summed E-state index contributed by atoms with van der Waals surface area (Å²) >= 11 is 0. The number of hydrogen-bond donors (Lipinski definition) is 2. The smallest absolute Gasteiger partial charge is 0.175 e. The van der Waals surface area contributed by atoms with Crippen molar-refractivity contribution in [1.29, 1.82) is 0 Å². The van der Waals surface area contributed by atoms with Gasteiger partial charge < -0.3 is 10.1 Å². The highest BCUT2D eigenvalue weighted by Gasteiger charge is 2.17. The molecule has 0 aliphatic carbocycles. The molecule has 0 saturated carbocycles. The first-order valence-electron chi connectivity index (χ1n) is 7.60. The number of aromatic amines is 1. The second kappa shape index (κ2) is 6.42. The zero-order valence-electron chi connectivity index (χ0n) is 13.7. The lowest BCUT2D eigenvalue weighted by Gasteiger charge is -2.05. The first-order valence-corrected chi connectivity index (χ1v) is 9.49. The summed E-state index contributed by atoms with van der Waals surface area (Å²) in [4.78, 5) is 7.69. The predicted octanol–water partition coefficient (Wildman–Crippen LogP) is 3.34. The van der Waals surface area contributed by atoms with Crippen LogP contribution in [0.25, 0.3) is 22.5 Å². The number of aromatic nitrogens is 2. The van der Waals surface area contributed by atoms with Crippen LogP contribution in [0, 0.1) is 5.82 Å². The highest BCUT2D eigenvalue weighted by Crippen LogP contribution is 2.32. The van der Waals surface area contributed by atoms with Crippen molar-refractivity contribution in [1.82, 2.24) is 9.97 Å². The van der Waals surface area contributed by atoms with Crippen molar-refractivity contribution in [3.05, 3.63) is 60.2 Å². The van der Waals surface area contributed by atoms with Crippen LogP contribution in [-0.2, 0) is 9.84 Å². The molecule has 3 rings (SSSR count). The van der Waals surface area contributed by atoms with Crippen LogP contribution >= 0.6 is 0 Å². The molecule has 2 N–H and O–H groups in total. The van der Waals surface area contributed by atoms with E-state index in [4.69, 9.17) is 0 Å². The van der Waals surface area contributed by atoms with Gasteiger partial charge in [0, 0.05) is 17.4 Å². The van der Waals surface area contributed by atoms with Crippen LogP contribution in [-0.4, -0.2) is 29.7 Å². The van der Waals surface area contributed by atoms with Crippen molar-refractivity contribution in [2.75, 3.05) is 6.26 Å². The van der Waals surface area contributed by atoms with Crippen LogP contribution in [0.1, 0.15) is 18.9 Å². The molecule has 0 saturated heterocycles. The van der Waals surface area contributed by atoms with Gasteiger partial charge >= 0.3 is 0 Å². The van der Waals surface area contributed by atoms with E-state index < -0.39 is 15.9 Å². The molecule has 1 atom stereocenters. The van der Waals surface area contributed by atoms with E-state index >= 15 is 0 Å². The Morgan fingerprint density at radius 2 is 1.60 bits per heavy atom. The molecule has 0 amide bonds. The Hall–Kier alpha value is -2.51. The zero-order chi connectivity index (χ0) is 18.2. The van der Waals surface area contributed by atoms with Crippen LogP contribution in [0.3, 0.4) is 0 Å². The van der Waals surface area contributed by atoms with Crippen LogP contribution < -0.4 is 0 Å². The highest BCUT2D eigenvalue weighted by atomic mass is 32.2. The number of benzene rings is 2. The molecule has 1 unspecified atom stereocenters. The molecule has 0 fully saturated rings. The minimum absolute atomic E-state index is 0.217. The predicted molar refractivity (Wildman–Crippen MR) is 93.2 cm³/mol. The lowest BCUT2D eigenvalue weighted by Crippen LogP contribution is -1.96. The number of halogens is 1. The van der Waals surface area contributed by atoms with E-state index in [0.29, 0.717) is 28.3 Å². The van der Waals surface area contributed by atoms with Gasteiger partial charge in [-0.05, 0) is 43.3 Å². The largest absolute Gasteiger partial charge is 0.385 e. The molecule has 0 aliphatic rings. The van der Waals surface area contributed by atoms with Gasteiger partial charge in [0.15, 0.2) is 9.84 Å². The van der Waals surface area contributed by atoms with Crippen molar-refractivity contribution >= 4 is 9.84 Å². The zero-order valence-corrected chi connectivity index (χ0v) is 14.5. The molecule has 0 radical (unpaired) electrons. The Kier molecular flexibility index (Phi) is 4.45. The van der Waals surface area contributed by atoms with E-state index in [9.17, 15) is 17.9 Å². The van der Waals surface area contributed by atoms with Gasteiger partial charge in [-0.15, -0.1) is 0 Å². The third kappa shape index (κ3) is 3.62. The first-order chi connectivity index (χ1) is 11.8. The van der Waals surface area contributed by atoms with Crippen molar-refractivity contribution in [3.8, 4) is 22.5 Å². The standard InChI is InChI=1S/C18H17FN2O3S/c1-11(22)18-20-16(12-3-7-14(19)8-4-12)17(21-18)13-5-9-15(10-6-13)25(2,23)24/h3-11,22H,1-2H3,(H,20,21). The van der Waals surface area contributed by atoms with E-state index in [2.05, 4.69) is 9.97 Å². The Morgan fingerprint density at radius 1 is 1.04 bits per heavy atom. The molecule has 5 nitrogen and oxygen atoms in total. The maximum Gasteiger partial charge on any atom is 0.175 e. The van der Waals surface area contributed by atoms with Crippen LogP contribution in [0.5, 0.6) is 0 Å². The van der Waals surface area contributed by atoms with Crippen LogP contribution in [0.2, 0.25) is 0 Å². The second-order valence-corrected chi connectivity index (χ2v) is 7.84. The first kappa shape index (κ1) is 17.3. The van der Waals surface area contributed by atoms with Gasteiger partial charge in [0.05, 0.1) is 16.3 Å². The number of nitrogens with one attached hydrogen (secondary N) is 1. The van der Waals surface area contributed by atoms with Gasteiger partial charge in [0.2, 0.25) is 0 Å². The summed E-state index contributed by atoms with van der Waals surface area (Å²) in [5.41, 5.74) is 2.59. The molecule has 0 spiro atoms. The van der Waals surface area contributed by atoms with Crippen molar-refractivity contribution in [2.45, 2.75) is 17.9 Å². The molecule has 130 valence electrons. The molecule has 0 bridgehead atoms. The fourth-order valence-corrected chi connectivity index (χ4v) is 3.11. The lowest BCUT2D eigenvalue weighted by molar-refractivity contribution is 0.190.